The number of nitrogens with zero attached hydrogens (tertiary/aromatic N) is 1. The molecule has 3 N–H and O–H groups in total. The monoisotopic (exact) mass is 290 g/mol. The van der Waals surface area contributed by atoms with E-state index >= 15 is 0 Å². The minimum Gasteiger partial charge on any atom is -0.504 e. The summed E-state index contributed by atoms with van der Waals surface area (Å²) in [5, 5.41) is 23.1. The van der Waals surface area contributed by atoms with Gasteiger partial charge in [-0.05, 0) is 19.4 Å². The van der Waals surface area contributed by atoms with Crippen LogP contribution in [0.4, 0.5) is 5.69 Å². The number of phenols is 1. The predicted octanol–water partition coefficient (Wildman–Crippen LogP) is 1.31. The van der Waals surface area contributed by atoms with E-state index in [1.54, 1.807) is 4.90 Å². The van der Waals surface area contributed by atoms with E-state index in [9.17, 15) is 15.0 Å². The molecule has 21 heavy (non-hydrogen) atoms. The first-order chi connectivity index (χ1) is 10.0. The first-order valence-electron chi connectivity index (χ1n) is 6.85. The zero-order valence-corrected chi connectivity index (χ0v) is 12.0. The molecule has 2 aliphatic rings. The second kappa shape index (κ2) is 4.96. The number of rotatable bonds is 1. The van der Waals surface area contributed by atoms with Crippen molar-refractivity contribution in [2.75, 3.05) is 19.0 Å². The highest BCUT2D eigenvalue weighted by Gasteiger charge is 2.40. The number of aliphatic hydroxyl groups excluding tert-OH is 1. The minimum atomic E-state index is -0.875. The van der Waals surface area contributed by atoms with Crippen molar-refractivity contribution in [1.82, 2.24) is 4.90 Å². The van der Waals surface area contributed by atoms with Crippen LogP contribution in [0.25, 0.3) is 0 Å². The van der Waals surface area contributed by atoms with E-state index in [-0.39, 0.29) is 23.4 Å². The summed E-state index contributed by atoms with van der Waals surface area (Å²) in [5.74, 6) is -0.00329. The SMILES string of the molecule is C/C=C1\C[C@H]2C(O)Nc3cc(O)c(OC)cc3C(=O)N2C1. The lowest BCUT2D eigenvalue weighted by Crippen LogP contribution is -2.43. The number of carbonyl (C=O) groups is 1. The van der Waals surface area contributed by atoms with Crippen LogP contribution in [0, 0.1) is 0 Å². The molecule has 0 radical (unpaired) electrons. The number of anilines is 1. The zero-order valence-electron chi connectivity index (χ0n) is 12.0. The molecule has 3 rings (SSSR count). The highest BCUT2D eigenvalue weighted by Crippen LogP contribution is 2.38. The van der Waals surface area contributed by atoms with Crippen LogP contribution in [0.3, 0.4) is 0 Å². The standard InChI is InChI=1S/C15H18N2O4/c1-3-8-4-11-14(19)16-10-6-12(18)13(21-2)5-9(10)15(20)17(11)7-8/h3,5-6,11,14,16,18-19H,4,7H2,1-2H3/b8-3+/t11-,14?/m0/s1. The van der Waals surface area contributed by atoms with Gasteiger partial charge in [-0.25, -0.2) is 0 Å². The number of ether oxygens (including phenoxy) is 1. The molecular weight excluding hydrogens is 272 g/mol. The maximum absolute atomic E-state index is 12.7. The molecule has 6 nitrogen and oxygen atoms in total. The molecule has 0 saturated carbocycles. The normalized spacial score (nSPS) is 26.1. The van der Waals surface area contributed by atoms with E-state index in [1.165, 1.54) is 19.2 Å². The topological polar surface area (TPSA) is 82.0 Å². The van der Waals surface area contributed by atoms with Gasteiger partial charge < -0.3 is 25.2 Å². The van der Waals surface area contributed by atoms with Crippen molar-refractivity contribution >= 4 is 11.6 Å². The number of fused-ring (bicyclic) bond motifs is 2. The molecule has 1 fully saturated rings. The fraction of sp³-hybridized carbons (Fsp3) is 0.400. The van der Waals surface area contributed by atoms with Gasteiger partial charge in [0.25, 0.3) is 5.91 Å². The Morgan fingerprint density at radius 3 is 2.90 bits per heavy atom. The third kappa shape index (κ3) is 2.12. The van der Waals surface area contributed by atoms with E-state index in [1.807, 2.05) is 13.0 Å². The second-order valence-corrected chi connectivity index (χ2v) is 5.31. The van der Waals surface area contributed by atoms with Gasteiger partial charge in [-0.2, -0.15) is 0 Å². The fourth-order valence-corrected chi connectivity index (χ4v) is 2.93. The molecule has 6 heteroatoms. The number of nitrogens with one attached hydrogen (secondary N) is 1. The van der Waals surface area contributed by atoms with Crippen molar-refractivity contribution in [2.45, 2.75) is 25.6 Å². The molecule has 0 aliphatic carbocycles. The third-order valence-corrected chi connectivity index (χ3v) is 4.13. The van der Waals surface area contributed by atoms with E-state index in [4.69, 9.17) is 4.74 Å². The predicted molar refractivity (Wildman–Crippen MR) is 77.5 cm³/mol. The first kappa shape index (κ1) is 13.8. The number of benzene rings is 1. The number of aliphatic hydroxyl groups is 1. The molecule has 2 atom stereocenters. The number of phenolic OH excluding ortho intramolecular Hbond substituents is 1. The van der Waals surface area contributed by atoms with Gasteiger partial charge in [-0.3, -0.25) is 4.79 Å². The molecule has 112 valence electrons. The van der Waals surface area contributed by atoms with Crippen LogP contribution in [0.15, 0.2) is 23.8 Å². The van der Waals surface area contributed by atoms with Gasteiger partial charge in [0.1, 0.15) is 6.23 Å². The van der Waals surface area contributed by atoms with Gasteiger partial charge >= 0.3 is 0 Å². The molecule has 1 unspecified atom stereocenters. The van der Waals surface area contributed by atoms with Crippen LogP contribution in [-0.2, 0) is 0 Å². The highest BCUT2D eigenvalue weighted by molar-refractivity contribution is 6.02. The Balaban J connectivity index is 2.08. The van der Waals surface area contributed by atoms with Crippen LogP contribution in [0.2, 0.25) is 0 Å². The van der Waals surface area contributed by atoms with Crippen molar-refractivity contribution in [1.29, 1.82) is 0 Å². The number of aromatic hydroxyl groups is 1. The largest absolute Gasteiger partial charge is 0.504 e. The number of methoxy groups -OCH3 is 1. The second-order valence-electron chi connectivity index (χ2n) is 5.31. The molecule has 1 amide bonds. The van der Waals surface area contributed by atoms with E-state index < -0.39 is 6.23 Å². The van der Waals surface area contributed by atoms with Crippen LogP contribution in [-0.4, -0.2) is 46.9 Å². The van der Waals surface area contributed by atoms with E-state index in [0.29, 0.717) is 24.2 Å². The maximum atomic E-state index is 12.7. The lowest BCUT2D eigenvalue weighted by molar-refractivity contribution is 0.0582. The minimum absolute atomic E-state index is 0.0695. The van der Waals surface area contributed by atoms with E-state index in [0.717, 1.165) is 5.57 Å². The summed E-state index contributed by atoms with van der Waals surface area (Å²) in [6, 6.07) is 2.61. The van der Waals surface area contributed by atoms with Crippen molar-refractivity contribution in [3.8, 4) is 11.5 Å². The molecule has 1 aromatic carbocycles. The molecular formula is C15H18N2O4. The van der Waals surface area contributed by atoms with Crippen LogP contribution in [0.1, 0.15) is 23.7 Å². The van der Waals surface area contributed by atoms with Crippen molar-refractivity contribution < 1.29 is 19.7 Å². The summed E-state index contributed by atoms with van der Waals surface area (Å²) in [7, 11) is 1.43. The Labute approximate surface area is 122 Å². The average Bonchev–Trinajstić information content (AvgIpc) is 2.87. The van der Waals surface area contributed by atoms with Gasteiger partial charge in [0.15, 0.2) is 11.5 Å². The number of amides is 1. The number of allylic oxidation sites excluding steroid dienone is 1. The van der Waals surface area contributed by atoms with Crippen LogP contribution in [0.5, 0.6) is 11.5 Å². The van der Waals surface area contributed by atoms with Gasteiger partial charge in [0.05, 0.1) is 24.4 Å². The lowest BCUT2D eigenvalue weighted by atomic mass is 10.1. The van der Waals surface area contributed by atoms with Crippen LogP contribution >= 0.6 is 0 Å². The van der Waals surface area contributed by atoms with Gasteiger partial charge in [-0.1, -0.05) is 11.6 Å². The van der Waals surface area contributed by atoms with Gasteiger partial charge in [0.2, 0.25) is 0 Å². The molecule has 2 heterocycles. The summed E-state index contributed by atoms with van der Waals surface area (Å²) in [5.41, 5.74) is 1.94. The van der Waals surface area contributed by atoms with Crippen molar-refractivity contribution in [2.24, 2.45) is 0 Å². The Morgan fingerprint density at radius 2 is 2.24 bits per heavy atom. The summed E-state index contributed by atoms with van der Waals surface area (Å²) < 4.78 is 5.06. The zero-order chi connectivity index (χ0) is 15.1. The van der Waals surface area contributed by atoms with Gasteiger partial charge in [0, 0.05) is 12.6 Å². The third-order valence-electron chi connectivity index (χ3n) is 4.13. The fourth-order valence-electron chi connectivity index (χ4n) is 2.93. The first-order valence-corrected chi connectivity index (χ1v) is 6.85. The Kier molecular flexibility index (Phi) is 3.25. The number of carbonyl (C=O) groups excluding carboxylic acids is 1. The number of hydrogen-bond acceptors (Lipinski definition) is 5. The molecule has 0 bridgehead atoms. The van der Waals surface area contributed by atoms with Crippen molar-refractivity contribution in [3.05, 3.63) is 29.3 Å². The number of hydrogen-bond donors (Lipinski definition) is 3. The summed E-state index contributed by atoms with van der Waals surface area (Å²) in [4.78, 5) is 14.4. The van der Waals surface area contributed by atoms with Crippen molar-refractivity contribution in [3.63, 3.8) is 0 Å². The Hall–Kier alpha value is -2.21. The van der Waals surface area contributed by atoms with Gasteiger partial charge in [-0.15, -0.1) is 0 Å². The average molecular weight is 290 g/mol. The molecule has 1 aromatic rings. The summed E-state index contributed by atoms with van der Waals surface area (Å²) >= 11 is 0. The summed E-state index contributed by atoms with van der Waals surface area (Å²) in [6.45, 7) is 2.45. The molecule has 0 aromatic heterocycles. The highest BCUT2D eigenvalue weighted by atomic mass is 16.5. The maximum Gasteiger partial charge on any atom is 0.256 e. The van der Waals surface area contributed by atoms with Crippen LogP contribution < -0.4 is 10.1 Å². The summed E-state index contributed by atoms with van der Waals surface area (Å²) in [6.07, 6.45) is 1.75. The van der Waals surface area contributed by atoms with E-state index in [2.05, 4.69) is 5.32 Å². The lowest BCUT2D eigenvalue weighted by Gasteiger charge is -2.24. The Bertz CT molecular complexity index is 626. The molecule has 0 spiro atoms. The molecule has 2 aliphatic heterocycles. The smallest absolute Gasteiger partial charge is 0.256 e. The molecule has 1 saturated heterocycles. The quantitative estimate of drug-likeness (QED) is 0.679. The Morgan fingerprint density at radius 1 is 1.48 bits per heavy atom.